The van der Waals surface area contributed by atoms with Crippen LogP contribution in [0.4, 0.5) is 5.69 Å². The van der Waals surface area contributed by atoms with Gasteiger partial charge in [-0.05, 0) is 45.6 Å². The lowest BCUT2D eigenvalue weighted by atomic mass is 10.3. The monoisotopic (exact) mass is 413 g/mol. The number of benzene rings is 1. The summed E-state index contributed by atoms with van der Waals surface area (Å²) in [6.07, 6.45) is 0. The van der Waals surface area contributed by atoms with Crippen LogP contribution in [0.25, 0.3) is 11.4 Å². The van der Waals surface area contributed by atoms with Gasteiger partial charge in [-0.1, -0.05) is 21.1 Å². The van der Waals surface area contributed by atoms with Crippen molar-refractivity contribution in [3.8, 4) is 11.4 Å². The Morgan fingerprint density at radius 2 is 2.15 bits per heavy atom. The molecule has 2 aromatic heterocycles. The second kappa shape index (κ2) is 6.07. The summed E-state index contributed by atoms with van der Waals surface area (Å²) < 4.78 is 7.23. The van der Waals surface area contributed by atoms with Crippen molar-refractivity contribution in [1.29, 1.82) is 0 Å². The highest BCUT2D eigenvalue weighted by atomic mass is 79.9. The van der Waals surface area contributed by atoms with E-state index in [9.17, 15) is 0 Å². The van der Waals surface area contributed by atoms with Crippen LogP contribution in [0, 0.1) is 0 Å². The Balaban J connectivity index is 1.70. The summed E-state index contributed by atoms with van der Waals surface area (Å²) in [7, 11) is 0. The van der Waals surface area contributed by atoms with Crippen LogP contribution >= 0.6 is 43.2 Å². The van der Waals surface area contributed by atoms with E-state index in [1.165, 1.54) is 0 Å². The Morgan fingerprint density at radius 3 is 2.90 bits per heavy atom. The number of nitrogens with zero attached hydrogens (tertiary/aromatic N) is 2. The first-order chi connectivity index (χ1) is 9.72. The van der Waals surface area contributed by atoms with Crippen molar-refractivity contribution in [3.63, 3.8) is 0 Å². The van der Waals surface area contributed by atoms with Crippen molar-refractivity contribution in [3.05, 3.63) is 49.9 Å². The first-order valence-electron chi connectivity index (χ1n) is 5.76. The molecule has 1 aromatic carbocycles. The predicted molar refractivity (Wildman–Crippen MR) is 86.8 cm³/mol. The standard InChI is InChI=1S/C13H9Br2N3OS/c14-9-1-2-11(10(15)5-9)16-6-12-17-13(18-19-12)8-3-4-20-7-8/h1-5,7,16H,6H2. The number of thiophene rings is 1. The largest absolute Gasteiger partial charge is 0.375 e. The molecule has 0 aliphatic rings. The van der Waals surface area contributed by atoms with E-state index < -0.39 is 0 Å². The van der Waals surface area contributed by atoms with E-state index in [1.54, 1.807) is 11.3 Å². The Bertz CT molecular complexity index is 712. The lowest BCUT2D eigenvalue weighted by molar-refractivity contribution is 0.384. The number of hydrogen-bond acceptors (Lipinski definition) is 5. The van der Waals surface area contributed by atoms with Gasteiger partial charge in [0.1, 0.15) is 0 Å². The molecule has 0 atom stereocenters. The average molecular weight is 415 g/mol. The molecule has 20 heavy (non-hydrogen) atoms. The molecule has 3 aromatic rings. The van der Waals surface area contributed by atoms with E-state index in [1.807, 2.05) is 35.0 Å². The van der Waals surface area contributed by atoms with Gasteiger partial charge >= 0.3 is 0 Å². The number of nitrogens with one attached hydrogen (secondary N) is 1. The first-order valence-corrected chi connectivity index (χ1v) is 8.29. The summed E-state index contributed by atoms with van der Waals surface area (Å²) in [4.78, 5) is 4.36. The molecule has 0 radical (unpaired) electrons. The van der Waals surface area contributed by atoms with E-state index in [4.69, 9.17) is 4.52 Å². The highest BCUT2D eigenvalue weighted by Gasteiger charge is 2.09. The van der Waals surface area contributed by atoms with Gasteiger partial charge < -0.3 is 9.84 Å². The molecular formula is C13H9Br2N3OS. The molecule has 0 aliphatic heterocycles. The molecule has 0 spiro atoms. The molecule has 4 nitrogen and oxygen atoms in total. The number of halogens is 2. The van der Waals surface area contributed by atoms with Gasteiger partial charge in [0.05, 0.1) is 6.54 Å². The minimum absolute atomic E-state index is 0.484. The van der Waals surface area contributed by atoms with Crippen LogP contribution in [-0.2, 0) is 6.54 Å². The second-order valence-electron chi connectivity index (χ2n) is 4.00. The Hall–Kier alpha value is -1.18. The van der Waals surface area contributed by atoms with Crippen molar-refractivity contribution in [2.45, 2.75) is 6.54 Å². The third kappa shape index (κ3) is 3.11. The fourth-order valence-corrected chi connectivity index (χ4v) is 3.46. The molecule has 0 fully saturated rings. The van der Waals surface area contributed by atoms with Crippen molar-refractivity contribution in [1.82, 2.24) is 10.1 Å². The maximum Gasteiger partial charge on any atom is 0.246 e. The summed E-state index contributed by atoms with van der Waals surface area (Å²) in [5.41, 5.74) is 1.96. The molecule has 0 aliphatic carbocycles. The van der Waals surface area contributed by atoms with E-state index in [2.05, 4.69) is 47.3 Å². The molecular weight excluding hydrogens is 406 g/mol. The van der Waals surface area contributed by atoms with Gasteiger partial charge in [0.25, 0.3) is 0 Å². The van der Waals surface area contributed by atoms with Gasteiger partial charge in [0.15, 0.2) is 0 Å². The highest BCUT2D eigenvalue weighted by Crippen LogP contribution is 2.26. The van der Waals surface area contributed by atoms with Crippen LogP contribution in [0.5, 0.6) is 0 Å². The zero-order chi connectivity index (χ0) is 13.9. The number of anilines is 1. The Morgan fingerprint density at radius 1 is 1.25 bits per heavy atom. The Kier molecular flexibility index (Phi) is 4.18. The highest BCUT2D eigenvalue weighted by molar-refractivity contribution is 9.11. The molecule has 1 N–H and O–H groups in total. The Labute approximate surface area is 136 Å². The minimum atomic E-state index is 0.484. The molecule has 0 bridgehead atoms. The molecule has 0 saturated carbocycles. The van der Waals surface area contributed by atoms with E-state index in [-0.39, 0.29) is 0 Å². The van der Waals surface area contributed by atoms with E-state index in [0.29, 0.717) is 18.3 Å². The predicted octanol–water partition coefficient (Wildman–Crippen LogP) is 4.94. The van der Waals surface area contributed by atoms with Crippen LogP contribution < -0.4 is 5.32 Å². The molecule has 2 heterocycles. The van der Waals surface area contributed by atoms with Crippen LogP contribution in [0.3, 0.4) is 0 Å². The van der Waals surface area contributed by atoms with Crippen molar-refractivity contribution < 1.29 is 4.52 Å². The molecule has 0 amide bonds. The molecule has 7 heteroatoms. The topological polar surface area (TPSA) is 51.0 Å². The average Bonchev–Trinajstić information content (AvgIpc) is 3.08. The normalized spacial score (nSPS) is 10.7. The summed E-state index contributed by atoms with van der Waals surface area (Å²) in [5.74, 6) is 1.18. The SMILES string of the molecule is Brc1ccc(NCc2nc(-c3ccsc3)no2)c(Br)c1. The van der Waals surface area contributed by atoms with Gasteiger partial charge in [-0.3, -0.25) is 0 Å². The van der Waals surface area contributed by atoms with Crippen molar-refractivity contribution in [2.75, 3.05) is 5.32 Å². The summed E-state index contributed by atoms with van der Waals surface area (Å²) in [5, 5.41) is 11.2. The van der Waals surface area contributed by atoms with Gasteiger partial charge in [0, 0.05) is 25.6 Å². The number of rotatable bonds is 4. The van der Waals surface area contributed by atoms with Crippen LogP contribution in [-0.4, -0.2) is 10.1 Å². The van der Waals surface area contributed by atoms with E-state index in [0.717, 1.165) is 20.2 Å². The van der Waals surface area contributed by atoms with Gasteiger partial charge in [0.2, 0.25) is 11.7 Å². The zero-order valence-electron chi connectivity index (χ0n) is 10.1. The van der Waals surface area contributed by atoms with Crippen molar-refractivity contribution in [2.24, 2.45) is 0 Å². The maximum absolute atomic E-state index is 5.23. The van der Waals surface area contributed by atoms with Gasteiger partial charge in [-0.15, -0.1) is 0 Å². The zero-order valence-corrected chi connectivity index (χ0v) is 14.1. The first kappa shape index (κ1) is 13.8. The minimum Gasteiger partial charge on any atom is -0.375 e. The number of hydrogen-bond donors (Lipinski definition) is 1. The summed E-state index contributed by atoms with van der Waals surface area (Å²) in [6.45, 7) is 0.484. The molecule has 0 saturated heterocycles. The molecule has 102 valence electrons. The lowest BCUT2D eigenvalue weighted by Gasteiger charge is -2.06. The van der Waals surface area contributed by atoms with E-state index >= 15 is 0 Å². The fourth-order valence-electron chi connectivity index (χ4n) is 1.64. The quantitative estimate of drug-likeness (QED) is 0.657. The van der Waals surface area contributed by atoms with Crippen LogP contribution in [0.1, 0.15) is 5.89 Å². The van der Waals surface area contributed by atoms with Gasteiger partial charge in [-0.25, -0.2) is 0 Å². The molecule has 0 unspecified atom stereocenters. The van der Waals surface area contributed by atoms with Crippen LogP contribution in [0.2, 0.25) is 0 Å². The summed E-state index contributed by atoms with van der Waals surface area (Å²) in [6, 6.07) is 7.90. The molecule has 3 rings (SSSR count). The van der Waals surface area contributed by atoms with Crippen LogP contribution in [0.15, 0.2) is 48.5 Å². The van der Waals surface area contributed by atoms with Gasteiger partial charge in [-0.2, -0.15) is 16.3 Å². The third-order valence-electron chi connectivity index (χ3n) is 2.61. The third-order valence-corrected chi connectivity index (χ3v) is 4.44. The number of aromatic nitrogens is 2. The summed E-state index contributed by atoms with van der Waals surface area (Å²) >= 11 is 8.53. The van der Waals surface area contributed by atoms with Crippen molar-refractivity contribution >= 4 is 48.9 Å². The second-order valence-corrected chi connectivity index (χ2v) is 6.55. The maximum atomic E-state index is 5.23. The lowest BCUT2D eigenvalue weighted by Crippen LogP contribution is -2.00. The smallest absolute Gasteiger partial charge is 0.246 e. The fraction of sp³-hybridized carbons (Fsp3) is 0.0769.